The first kappa shape index (κ1) is 13.9. The van der Waals surface area contributed by atoms with E-state index in [-0.39, 0.29) is 11.4 Å². The van der Waals surface area contributed by atoms with Crippen molar-refractivity contribution < 1.29 is 9.53 Å². The van der Waals surface area contributed by atoms with Gasteiger partial charge >= 0.3 is 5.97 Å². The Morgan fingerprint density at radius 3 is 2.50 bits per heavy atom. The van der Waals surface area contributed by atoms with Gasteiger partial charge in [-0.2, -0.15) is 0 Å². The van der Waals surface area contributed by atoms with Gasteiger partial charge in [-0.05, 0) is 25.2 Å². The number of carbonyl (C=O) groups is 1. The minimum Gasteiger partial charge on any atom is -0.466 e. The fourth-order valence-electron chi connectivity index (χ4n) is 1.39. The molecule has 0 bridgehead atoms. The highest BCUT2D eigenvalue weighted by atomic mass is 79.9. The van der Waals surface area contributed by atoms with Crippen LogP contribution in [0.3, 0.4) is 0 Å². The monoisotopic (exact) mass is 264 g/mol. The van der Waals surface area contributed by atoms with Crippen molar-refractivity contribution in [2.75, 3.05) is 11.9 Å². The summed E-state index contributed by atoms with van der Waals surface area (Å²) < 4.78 is 4.94. The molecule has 0 atom stereocenters. The van der Waals surface area contributed by atoms with Crippen LogP contribution in [0.2, 0.25) is 0 Å². The van der Waals surface area contributed by atoms with Gasteiger partial charge in [0.25, 0.3) is 0 Å². The first-order chi connectivity index (χ1) is 6.52. The van der Waals surface area contributed by atoms with E-state index in [1.54, 1.807) is 0 Å². The summed E-state index contributed by atoms with van der Waals surface area (Å²) in [6.45, 7) is 6.57. The first-order valence-corrected chi connectivity index (χ1v) is 6.35. The molecule has 84 valence electrons. The molecule has 0 rings (SSSR count). The molecule has 3 heteroatoms. The second-order valence-corrected chi connectivity index (χ2v) is 5.09. The van der Waals surface area contributed by atoms with Crippen LogP contribution in [0.4, 0.5) is 0 Å². The first-order valence-electron chi connectivity index (χ1n) is 5.23. The molecule has 0 radical (unpaired) electrons. The third-order valence-corrected chi connectivity index (χ3v) is 2.73. The molecular weight excluding hydrogens is 244 g/mol. The van der Waals surface area contributed by atoms with E-state index in [2.05, 4.69) is 29.8 Å². The summed E-state index contributed by atoms with van der Waals surface area (Å²) in [6.07, 6.45) is 3.95. The standard InChI is InChI=1S/C11H21BrO2/c1-4-14-10(13)9-11(2,3)7-5-6-8-12/h4-9H2,1-3H3. The number of carbonyl (C=O) groups excluding carboxylic acids is 1. The van der Waals surface area contributed by atoms with Crippen LogP contribution in [0.15, 0.2) is 0 Å². The van der Waals surface area contributed by atoms with E-state index < -0.39 is 0 Å². The van der Waals surface area contributed by atoms with Crippen molar-refractivity contribution in [1.82, 2.24) is 0 Å². The highest BCUT2D eigenvalue weighted by Crippen LogP contribution is 2.27. The minimum atomic E-state index is -0.0728. The lowest BCUT2D eigenvalue weighted by Gasteiger charge is -2.23. The van der Waals surface area contributed by atoms with Crippen molar-refractivity contribution in [2.45, 2.75) is 46.5 Å². The zero-order chi connectivity index (χ0) is 11.0. The van der Waals surface area contributed by atoms with Gasteiger partial charge in [0, 0.05) is 5.33 Å². The minimum absolute atomic E-state index is 0.0728. The van der Waals surface area contributed by atoms with Crippen molar-refractivity contribution in [3.63, 3.8) is 0 Å². The van der Waals surface area contributed by atoms with Crippen LogP contribution in [0.1, 0.15) is 46.5 Å². The van der Waals surface area contributed by atoms with Crippen molar-refractivity contribution in [2.24, 2.45) is 5.41 Å². The van der Waals surface area contributed by atoms with Crippen LogP contribution >= 0.6 is 15.9 Å². The Kier molecular flexibility index (Phi) is 7.24. The molecule has 0 heterocycles. The summed E-state index contributed by atoms with van der Waals surface area (Å²) >= 11 is 3.40. The SMILES string of the molecule is CCOC(=O)CC(C)(C)CCCCBr. The Balaban J connectivity index is 3.75. The number of esters is 1. The second-order valence-electron chi connectivity index (χ2n) is 4.29. The van der Waals surface area contributed by atoms with E-state index in [0.29, 0.717) is 13.0 Å². The highest BCUT2D eigenvalue weighted by molar-refractivity contribution is 9.09. The molecule has 0 N–H and O–H groups in total. The van der Waals surface area contributed by atoms with Gasteiger partial charge in [0.15, 0.2) is 0 Å². The lowest BCUT2D eigenvalue weighted by Crippen LogP contribution is -2.19. The van der Waals surface area contributed by atoms with Gasteiger partial charge < -0.3 is 4.74 Å². The van der Waals surface area contributed by atoms with Gasteiger partial charge in [0.05, 0.1) is 13.0 Å². The van der Waals surface area contributed by atoms with E-state index in [1.165, 1.54) is 6.42 Å². The smallest absolute Gasteiger partial charge is 0.306 e. The Hall–Kier alpha value is -0.0500. The number of ether oxygens (including phenoxy) is 1. The van der Waals surface area contributed by atoms with Crippen LogP contribution in [-0.4, -0.2) is 17.9 Å². The summed E-state index contributed by atoms with van der Waals surface area (Å²) in [7, 11) is 0. The molecule has 0 aliphatic rings. The third-order valence-electron chi connectivity index (χ3n) is 2.17. The van der Waals surface area contributed by atoms with Crippen LogP contribution in [-0.2, 0) is 9.53 Å². The van der Waals surface area contributed by atoms with Gasteiger partial charge in [-0.1, -0.05) is 36.2 Å². The largest absolute Gasteiger partial charge is 0.466 e. The fourth-order valence-corrected chi connectivity index (χ4v) is 1.79. The topological polar surface area (TPSA) is 26.3 Å². The number of alkyl halides is 1. The number of unbranched alkanes of at least 4 members (excludes halogenated alkanes) is 1. The summed E-state index contributed by atoms with van der Waals surface area (Å²) in [6, 6.07) is 0. The van der Waals surface area contributed by atoms with E-state index in [1.807, 2.05) is 6.92 Å². The summed E-state index contributed by atoms with van der Waals surface area (Å²) in [5.41, 5.74) is 0.0778. The zero-order valence-electron chi connectivity index (χ0n) is 9.44. The molecule has 0 aliphatic heterocycles. The molecule has 0 aliphatic carbocycles. The van der Waals surface area contributed by atoms with Crippen molar-refractivity contribution in [3.8, 4) is 0 Å². The molecule has 0 saturated heterocycles. The van der Waals surface area contributed by atoms with E-state index in [4.69, 9.17) is 4.74 Å². The maximum atomic E-state index is 11.3. The lowest BCUT2D eigenvalue weighted by atomic mass is 9.84. The number of rotatable bonds is 7. The molecule has 0 saturated carbocycles. The molecule has 0 fully saturated rings. The fraction of sp³-hybridized carbons (Fsp3) is 0.909. The molecule has 2 nitrogen and oxygen atoms in total. The normalized spacial score (nSPS) is 11.4. The Bertz CT molecular complexity index is 167. The summed E-state index contributed by atoms with van der Waals surface area (Å²) in [5, 5.41) is 1.04. The predicted molar refractivity (Wildman–Crippen MR) is 62.7 cm³/mol. The van der Waals surface area contributed by atoms with Crippen molar-refractivity contribution >= 4 is 21.9 Å². The third kappa shape index (κ3) is 7.36. The summed E-state index contributed by atoms with van der Waals surface area (Å²) in [4.78, 5) is 11.3. The van der Waals surface area contributed by atoms with E-state index >= 15 is 0 Å². The quantitative estimate of drug-likeness (QED) is 0.400. The predicted octanol–water partition coefficient (Wildman–Crippen LogP) is 3.53. The van der Waals surface area contributed by atoms with Gasteiger partial charge in [-0.3, -0.25) is 4.79 Å². The van der Waals surface area contributed by atoms with Crippen molar-refractivity contribution in [1.29, 1.82) is 0 Å². The van der Waals surface area contributed by atoms with Crippen LogP contribution < -0.4 is 0 Å². The lowest BCUT2D eigenvalue weighted by molar-refractivity contribution is -0.145. The highest BCUT2D eigenvalue weighted by Gasteiger charge is 2.21. The molecule has 0 spiro atoms. The van der Waals surface area contributed by atoms with Crippen LogP contribution in [0, 0.1) is 5.41 Å². The van der Waals surface area contributed by atoms with Gasteiger partial charge in [-0.15, -0.1) is 0 Å². The number of halogens is 1. The summed E-state index contributed by atoms with van der Waals surface area (Å²) in [5.74, 6) is -0.0728. The van der Waals surface area contributed by atoms with Gasteiger partial charge in [0.2, 0.25) is 0 Å². The molecule has 0 unspecified atom stereocenters. The molecule has 14 heavy (non-hydrogen) atoms. The molecular formula is C11H21BrO2. The Morgan fingerprint density at radius 1 is 1.36 bits per heavy atom. The van der Waals surface area contributed by atoms with Crippen molar-refractivity contribution in [3.05, 3.63) is 0 Å². The Labute approximate surface area is 95.5 Å². The average molecular weight is 265 g/mol. The van der Waals surface area contributed by atoms with Crippen LogP contribution in [0.25, 0.3) is 0 Å². The maximum absolute atomic E-state index is 11.3. The average Bonchev–Trinajstić information content (AvgIpc) is 2.03. The van der Waals surface area contributed by atoms with Crippen LogP contribution in [0.5, 0.6) is 0 Å². The zero-order valence-corrected chi connectivity index (χ0v) is 11.0. The molecule has 0 aromatic heterocycles. The maximum Gasteiger partial charge on any atom is 0.306 e. The van der Waals surface area contributed by atoms with E-state index in [0.717, 1.165) is 18.2 Å². The second kappa shape index (κ2) is 7.27. The molecule has 0 aromatic carbocycles. The van der Waals surface area contributed by atoms with E-state index in [9.17, 15) is 4.79 Å². The van der Waals surface area contributed by atoms with Gasteiger partial charge in [-0.25, -0.2) is 0 Å². The molecule has 0 amide bonds. The molecule has 0 aromatic rings. The number of hydrogen-bond donors (Lipinski definition) is 0. The number of hydrogen-bond acceptors (Lipinski definition) is 2. The Morgan fingerprint density at radius 2 is 2.00 bits per heavy atom. The van der Waals surface area contributed by atoms with Gasteiger partial charge in [0.1, 0.15) is 0 Å².